The van der Waals surface area contributed by atoms with Crippen molar-refractivity contribution in [1.82, 2.24) is 5.32 Å². The molecule has 1 N–H and O–H groups in total. The molecule has 0 aromatic heterocycles. The van der Waals surface area contributed by atoms with Crippen LogP contribution in [0.15, 0.2) is 18.2 Å². The lowest BCUT2D eigenvalue weighted by Crippen LogP contribution is -2.59. The van der Waals surface area contributed by atoms with Gasteiger partial charge in [0.2, 0.25) is 0 Å². The first kappa shape index (κ1) is 15.0. The molecule has 0 atom stereocenters. The molecule has 2 fully saturated rings. The standard InChI is InChI=1S/C15H18ClF3N2/c16-12-4-3-11(15(17,18)19)9-13(12)21-8-7-20-14(10-21)5-1-2-6-14/h3-4,9,20H,1-2,5-8,10H2. The summed E-state index contributed by atoms with van der Waals surface area (Å²) in [6, 6.07) is 3.57. The van der Waals surface area contributed by atoms with E-state index in [-0.39, 0.29) is 5.54 Å². The fourth-order valence-electron chi connectivity index (χ4n) is 3.48. The first-order valence-corrected chi connectivity index (χ1v) is 7.64. The van der Waals surface area contributed by atoms with Gasteiger partial charge in [0.15, 0.2) is 0 Å². The first-order chi connectivity index (χ1) is 9.90. The van der Waals surface area contributed by atoms with Crippen LogP contribution < -0.4 is 10.2 Å². The van der Waals surface area contributed by atoms with Crippen molar-refractivity contribution in [1.29, 1.82) is 0 Å². The predicted molar refractivity (Wildman–Crippen MR) is 77.9 cm³/mol. The Morgan fingerprint density at radius 2 is 1.90 bits per heavy atom. The molecule has 1 saturated carbocycles. The minimum absolute atomic E-state index is 0.0514. The Morgan fingerprint density at radius 1 is 1.19 bits per heavy atom. The molecule has 2 nitrogen and oxygen atoms in total. The van der Waals surface area contributed by atoms with Gasteiger partial charge in [-0.1, -0.05) is 24.4 Å². The smallest absolute Gasteiger partial charge is 0.367 e. The number of halogens is 4. The highest BCUT2D eigenvalue weighted by Crippen LogP contribution is 2.38. The Balaban J connectivity index is 1.89. The van der Waals surface area contributed by atoms with E-state index in [1.807, 2.05) is 4.90 Å². The van der Waals surface area contributed by atoms with Crippen LogP contribution in [0.4, 0.5) is 18.9 Å². The summed E-state index contributed by atoms with van der Waals surface area (Å²) in [6.45, 7) is 2.20. The average molecular weight is 319 g/mol. The van der Waals surface area contributed by atoms with E-state index in [0.717, 1.165) is 32.0 Å². The van der Waals surface area contributed by atoms with Crippen molar-refractivity contribution in [2.75, 3.05) is 24.5 Å². The largest absolute Gasteiger partial charge is 0.416 e. The zero-order chi connectivity index (χ0) is 15.1. The van der Waals surface area contributed by atoms with Gasteiger partial charge in [-0.05, 0) is 31.0 Å². The lowest BCUT2D eigenvalue weighted by molar-refractivity contribution is -0.137. The Morgan fingerprint density at radius 3 is 2.57 bits per heavy atom. The quantitative estimate of drug-likeness (QED) is 0.839. The molecular weight excluding hydrogens is 301 g/mol. The van der Waals surface area contributed by atoms with Crippen LogP contribution in [0.5, 0.6) is 0 Å². The summed E-state index contributed by atoms with van der Waals surface area (Å²) >= 11 is 6.15. The fourth-order valence-corrected chi connectivity index (χ4v) is 3.72. The maximum absolute atomic E-state index is 12.9. The highest BCUT2D eigenvalue weighted by Gasteiger charge is 2.38. The van der Waals surface area contributed by atoms with E-state index < -0.39 is 11.7 Å². The number of nitrogens with zero attached hydrogens (tertiary/aromatic N) is 1. The van der Waals surface area contributed by atoms with Crippen LogP contribution in [0.2, 0.25) is 5.02 Å². The highest BCUT2D eigenvalue weighted by atomic mass is 35.5. The van der Waals surface area contributed by atoms with Gasteiger partial charge in [-0.25, -0.2) is 0 Å². The minimum atomic E-state index is -4.33. The van der Waals surface area contributed by atoms with Crippen molar-refractivity contribution in [2.24, 2.45) is 0 Å². The van der Waals surface area contributed by atoms with Gasteiger partial charge in [0.1, 0.15) is 0 Å². The summed E-state index contributed by atoms with van der Waals surface area (Å²) in [6.07, 6.45) is 0.187. The van der Waals surface area contributed by atoms with Gasteiger partial charge >= 0.3 is 6.18 Å². The number of alkyl halides is 3. The summed E-state index contributed by atoms with van der Waals surface area (Å²) in [7, 11) is 0. The van der Waals surface area contributed by atoms with Crippen LogP contribution in [0.3, 0.4) is 0 Å². The van der Waals surface area contributed by atoms with E-state index in [1.54, 1.807) is 0 Å². The summed E-state index contributed by atoms with van der Waals surface area (Å²) in [5, 5.41) is 3.94. The SMILES string of the molecule is FC(F)(F)c1ccc(Cl)c(N2CCNC3(CCCC3)C2)c1. The van der Waals surface area contributed by atoms with Crippen molar-refractivity contribution in [3.05, 3.63) is 28.8 Å². The summed E-state index contributed by atoms with van der Waals surface area (Å²) in [4.78, 5) is 2.00. The summed E-state index contributed by atoms with van der Waals surface area (Å²) in [5.74, 6) is 0. The predicted octanol–water partition coefficient (Wildman–Crippen LogP) is 4.08. The molecule has 21 heavy (non-hydrogen) atoms. The van der Waals surface area contributed by atoms with Crippen LogP contribution in [-0.2, 0) is 6.18 Å². The normalized spacial score (nSPS) is 22.0. The van der Waals surface area contributed by atoms with Crippen LogP contribution in [-0.4, -0.2) is 25.2 Å². The molecule has 0 amide bonds. The van der Waals surface area contributed by atoms with Gasteiger partial charge in [-0.3, -0.25) is 0 Å². The highest BCUT2D eigenvalue weighted by molar-refractivity contribution is 6.33. The second-order valence-corrected chi connectivity index (χ2v) is 6.41. The van der Waals surface area contributed by atoms with Crippen molar-refractivity contribution >= 4 is 17.3 Å². The number of benzene rings is 1. The van der Waals surface area contributed by atoms with Crippen LogP contribution in [0.25, 0.3) is 0 Å². The Hall–Kier alpha value is -0.940. The fraction of sp³-hybridized carbons (Fsp3) is 0.600. The molecule has 0 unspecified atom stereocenters. The van der Waals surface area contributed by atoms with Gasteiger partial charge in [-0.15, -0.1) is 0 Å². The van der Waals surface area contributed by atoms with E-state index in [0.29, 0.717) is 17.3 Å². The zero-order valence-corrected chi connectivity index (χ0v) is 12.4. The average Bonchev–Trinajstić information content (AvgIpc) is 2.86. The second-order valence-electron chi connectivity index (χ2n) is 6.00. The van der Waals surface area contributed by atoms with Gasteiger partial charge in [0.05, 0.1) is 16.3 Å². The van der Waals surface area contributed by atoms with E-state index in [2.05, 4.69) is 5.32 Å². The second kappa shape index (κ2) is 5.36. The number of nitrogens with one attached hydrogen (secondary N) is 1. The van der Waals surface area contributed by atoms with Gasteiger partial charge < -0.3 is 10.2 Å². The molecule has 1 aromatic carbocycles. The number of rotatable bonds is 1. The lowest BCUT2D eigenvalue weighted by atomic mass is 9.94. The van der Waals surface area contributed by atoms with Crippen molar-refractivity contribution < 1.29 is 13.2 Å². The van der Waals surface area contributed by atoms with Crippen LogP contribution in [0, 0.1) is 0 Å². The summed E-state index contributed by atoms with van der Waals surface area (Å²) in [5.41, 5.74) is -0.0873. The molecule has 1 aromatic rings. The molecule has 1 saturated heterocycles. The third kappa shape index (κ3) is 2.99. The maximum Gasteiger partial charge on any atom is 0.416 e. The molecule has 1 aliphatic carbocycles. The van der Waals surface area contributed by atoms with Crippen molar-refractivity contribution in [3.63, 3.8) is 0 Å². The van der Waals surface area contributed by atoms with Crippen molar-refractivity contribution in [2.45, 2.75) is 37.4 Å². The topological polar surface area (TPSA) is 15.3 Å². The molecule has 2 aliphatic rings. The molecule has 1 spiro atoms. The Labute approximate surface area is 127 Å². The Bertz CT molecular complexity index is 524. The number of hydrogen-bond acceptors (Lipinski definition) is 2. The molecule has 1 heterocycles. The van der Waals surface area contributed by atoms with E-state index >= 15 is 0 Å². The first-order valence-electron chi connectivity index (χ1n) is 7.26. The number of anilines is 1. The van der Waals surface area contributed by atoms with Crippen LogP contribution in [0.1, 0.15) is 31.2 Å². The summed E-state index contributed by atoms with van der Waals surface area (Å²) < 4.78 is 38.7. The van der Waals surface area contributed by atoms with Crippen molar-refractivity contribution in [3.8, 4) is 0 Å². The van der Waals surface area contributed by atoms with Gasteiger partial charge in [0, 0.05) is 25.2 Å². The maximum atomic E-state index is 12.9. The lowest BCUT2D eigenvalue weighted by Gasteiger charge is -2.43. The molecule has 0 bridgehead atoms. The van der Waals surface area contributed by atoms with Gasteiger partial charge in [0.25, 0.3) is 0 Å². The molecular formula is C15H18ClF3N2. The minimum Gasteiger partial charge on any atom is -0.367 e. The number of hydrogen-bond donors (Lipinski definition) is 1. The number of piperazine rings is 1. The molecule has 116 valence electrons. The monoisotopic (exact) mass is 318 g/mol. The van der Waals surface area contributed by atoms with E-state index in [4.69, 9.17) is 11.6 Å². The molecule has 0 radical (unpaired) electrons. The zero-order valence-electron chi connectivity index (χ0n) is 11.6. The van der Waals surface area contributed by atoms with Gasteiger partial charge in [-0.2, -0.15) is 13.2 Å². The van der Waals surface area contributed by atoms with E-state index in [9.17, 15) is 13.2 Å². The van der Waals surface area contributed by atoms with Crippen LogP contribution >= 0.6 is 11.6 Å². The third-order valence-electron chi connectivity index (χ3n) is 4.55. The molecule has 3 rings (SSSR count). The van der Waals surface area contributed by atoms with E-state index in [1.165, 1.54) is 25.0 Å². The molecule has 6 heteroatoms. The third-order valence-corrected chi connectivity index (χ3v) is 4.87. The Kier molecular flexibility index (Phi) is 3.82. The molecule has 1 aliphatic heterocycles.